The van der Waals surface area contributed by atoms with Crippen molar-refractivity contribution in [3.8, 4) is 5.75 Å². The van der Waals surface area contributed by atoms with Crippen molar-refractivity contribution in [2.24, 2.45) is 0 Å². The maximum absolute atomic E-state index is 13.1. The first-order valence-corrected chi connectivity index (χ1v) is 15.1. The lowest BCUT2D eigenvalue weighted by atomic mass is 10.0. The van der Waals surface area contributed by atoms with Crippen molar-refractivity contribution in [1.29, 1.82) is 0 Å². The molecule has 45 heavy (non-hydrogen) atoms. The van der Waals surface area contributed by atoms with Crippen molar-refractivity contribution >= 4 is 23.9 Å². The van der Waals surface area contributed by atoms with E-state index in [0.29, 0.717) is 23.2 Å². The number of ether oxygens (including phenoxy) is 3. The second kappa shape index (κ2) is 15.5. The van der Waals surface area contributed by atoms with Gasteiger partial charge in [-0.25, -0.2) is 9.59 Å². The summed E-state index contributed by atoms with van der Waals surface area (Å²) in [5.41, 5.74) is 3.10. The maximum atomic E-state index is 13.1. The Morgan fingerprint density at radius 3 is 2.04 bits per heavy atom. The standard InChI is InChI=1S/C36H43N3O6/c1-36(2,3)37-33(40)32(28-9-7-6-8-10-28)45-35(42)29-15-11-27(12-16-29)24-38-19-21-39(22-20-38)25-30(34(41)44-5)23-26-13-17-31(43-4)18-14-26/h6-18,23,32H,19-22,24-25H2,1-5H3,(H,37,40)/b30-23-. The molecule has 0 radical (unpaired) electrons. The summed E-state index contributed by atoms with van der Waals surface area (Å²) < 4.78 is 16.0. The summed E-state index contributed by atoms with van der Waals surface area (Å²) in [4.78, 5) is 43.2. The highest BCUT2D eigenvalue weighted by Crippen LogP contribution is 2.22. The zero-order chi connectivity index (χ0) is 32.4. The number of nitrogens with one attached hydrogen (secondary N) is 1. The van der Waals surface area contributed by atoms with Crippen LogP contribution >= 0.6 is 0 Å². The molecule has 3 aromatic carbocycles. The van der Waals surface area contributed by atoms with Gasteiger partial charge < -0.3 is 19.5 Å². The van der Waals surface area contributed by atoms with E-state index in [-0.39, 0.29) is 11.9 Å². The molecule has 0 aliphatic carbocycles. The molecule has 1 saturated heterocycles. The van der Waals surface area contributed by atoms with Crippen molar-refractivity contribution < 1.29 is 28.6 Å². The number of piperazine rings is 1. The van der Waals surface area contributed by atoms with Gasteiger partial charge in [-0.2, -0.15) is 0 Å². The van der Waals surface area contributed by atoms with Crippen LogP contribution < -0.4 is 10.1 Å². The first kappa shape index (κ1) is 33.4. The van der Waals surface area contributed by atoms with Gasteiger partial charge >= 0.3 is 11.9 Å². The van der Waals surface area contributed by atoms with Crippen LogP contribution in [0.15, 0.2) is 84.4 Å². The van der Waals surface area contributed by atoms with Gasteiger partial charge in [0.15, 0.2) is 0 Å². The van der Waals surface area contributed by atoms with Crippen LogP contribution in [0.5, 0.6) is 5.75 Å². The molecule has 238 valence electrons. The Morgan fingerprint density at radius 1 is 0.844 bits per heavy atom. The predicted molar refractivity (Wildman–Crippen MR) is 174 cm³/mol. The number of hydrogen-bond acceptors (Lipinski definition) is 8. The number of hydrogen-bond donors (Lipinski definition) is 1. The highest BCUT2D eigenvalue weighted by atomic mass is 16.5. The molecule has 0 aromatic heterocycles. The van der Waals surface area contributed by atoms with Crippen molar-refractivity contribution in [2.45, 2.75) is 39.0 Å². The predicted octanol–water partition coefficient (Wildman–Crippen LogP) is 4.88. The molecule has 1 fully saturated rings. The molecular formula is C36H43N3O6. The Labute approximate surface area is 265 Å². The maximum Gasteiger partial charge on any atom is 0.339 e. The number of methoxy groups -OCH3 is 2. The monoisotopic (exact) mass is 613 g/mol. The number of esters is 2. The molecule has 4 rings (SSSR count). The van der Waals surface area contributed by atoms with Crippen LogP contribution in [0.3, 0.4) is 0 Å². The summed E-state index contributed by atoms with van der Waals surface area (Å²) in [7, 11) is 3.02. The van der Waals surface area contributed by atoms with E-state index in [1.165, 1.54) is 7.11 Å². The van der Waals surface area contributed by atoms with Gasteiger partial charge in [0.25, 0.3) is 5.91 Å². The molecule has 1 N–H and O–H groups in total. The fourth-order valence-electron chi connectivity index (χ4n) is 5.06. The van der Waals surface area contributed by atoms with E-state index in [1.807, 2.05) is 81.4 Å². The van der Waals surface area contributed by atoms with E-state index in [0.717, 1.165) is 49.6 Å². The highest BCUT2D eigenvalue weighted by molar-refractivity contribution is 5.94. The van der Waals surface area contributed by atoms with Gasteiger partial charge in [0.05, 0.1) is 25.4 Å². The number of carbonyl (C=O) groups is 3. The van der Waals surface area contributed by atoms with Gasteiger partial charge in [0, 0.05) is 50.4 Å². The topological polar surface area (TPSA) is 97.4 Å². The van der Waals surface area contributed by atoms with E-state index < -0.39 is 17.6 Å². The zero-order valence-corrected chi connectivity index (χ0v) is 26.7. The van der Waals surface area contributed by atoms with Crippen LogP contribution in [0, 0.1) is 0 Å². The molecule has 1 amide bonds. The van der Waals surface area contributed by atoms with Gasteiger partial charge in [-0.05, 0) is 62.2 Å². The van der Waals surface area contributed by atoms with E-state index in [2.05, 4.69) is 15.1 Å². The Bertz CT molecular complexity index is 1460. The second-order valence-corrected chi connectivity index (χ2v) is 12.1. The molecule has 1 aliphatic heterocycles. The Kier molecular flexibility index (Phi) is 11.5. The lowest BCUT2D eigenvalue weighted by Crippen LogP contribution is -2.46. The first-order valence-electron chi connectivity index (χ1n) is 15.1. The Balaban J connectivity index is 1.32. The quantitative estimate of drug-likeness (QED) is 0.242. The van der Waals surface area contributed by atoms with E-state index in [1.54, 1.807) is 31.4 Å². The van der Waals surface area contributed by atoms with Crippen molar-refractivity contribution in [1.82, 2.24) is 15.1 Å². The molecule has 1 unspecified atom stereocenters. The van der Waals surface area contributed by atoms with Crippen LogP contribution in [0.2, 0.25) is 0 Å². The lowest BCUT2D eigenvalue weighted by Gasteiger charge is -2.35. The second-order valence-electron chi connectivity index (χ2n) is 12.1. The van der Waals surface area contributed by atoms with Crippen LogP contribution in [-0.4, -0.2) is 80.1 Å². The molecule has 0 bridgehead atoms. The summed E-state index contributed by atoms with van der Waals surface area (Å²) in [6.07, 6.45) is 0.808. The molecule has 3 aromatic rings. The molecule has 0 saturated carbocycles. The average Bonchev–Trinajstić information content (AvgIpc) is 3.04. The zero-order valence-electron chi connectivity index (χ0n) is 26.7. The molecule has 1 heterocycles. The van der Waals surface area contributed by atoms with Gasteiger partial charge in [0.1, 0.15) is 5.75 Å². The minimum absolute atomic E-state index is 0.336. The van der Waals surface area contributed by atoms with Gasteiger partial charge in [-0.1, -0.05) is 54.6 Å². The number of rotatable bonds is 11. The third kappa shape index (κ3) is 10.0. The third-order valence-electron chi connectivity index (χ3n) is 7.42. The van der Waals surface area contributed by atoms with Crippen LogP contribution in [0.4, 0.5) is 0 Å². The van der Waals surface area contributed by atoms with Crippen LogP contribution in [0.25, 0.3) is 6.08 Å². The smallest absolute Gasteiger partial charge is 0.339 e. The fourth-order valence-corrected chi connectivity index (χ4v) is 5.06. The van der Waals surface area contributed by atoms with Crippen molar-refractivity contribution in [3.63, 3.8) is 0 Å². The molecule has 9 heteroatoms. The number of carbonyl (C=O) groups excluding carboxylic acids is 3. The minimum atomic E-state index is -1.06. The third-order valence-corrected chi connectivity index (χ3v) is 7.42. The molecule has 0 spiro atoms. The van der Waals surface area contributed by atoms with Crippen LogP contribution in [-0.2, 0) is 25.6 Å². The number of nitrogens with zero attached hydrogens (tertiary/aromatic N) is 2. The Morgan fingerprint density at radius 2 is 1.47 bits per heavy atom. The van der Waals surface area contributed by atoms with Crippen molar-refractivity contribution in [2.75, 3.05) is 46.9 Å². The average molecular weight is 614 g/mol. The summed E-state index contributed by atoms with van der Waals surface area (Å²) >= 11 is 0. The van der Waals surface area contributed by atoms with Gasteiger partial charge in [-0.15, -0.1) is 0 Å². The van der Waals surface area contributed by atoms with Crippen LogP contribution in [0.1, 0.15) is 53.9 Å². The summed E-state index contributed by atoms with van der Waals surface area (Å²) in [5, 5.41) is 2.91. The largest absolute Gasteiger partial charge is 0.497 e. The highest BCUT2D eigenvalue weighted by Gasteiger charge is 2.28. The normalized spacial score (nSPS) is 15.2. The van der Waals surface area contributed by atoms with Crippen molar-refractivity contribution in [3.05, 3.63) is 107 Å². The van der Waals surface area contributed by atoms with E-state index >= 15 is 0 Å². The molecule has 1 atom stereocenters. The number of benzene rings is 3. The fraction of sp³-hybridized carbons (Fsp3) is 0.361. The molecule has 1 aliphatic rings. The lowest BCUT2D eigenvalue weighted by molar-refractivity contribution is -0.136. The van der Waals surface area contributed by atoms with E-state index in [9.17, 15) is 14.4 Å². The summed E-state index contributed by atoms with van der Waals surface area (Å²) in [6, 6.07) is 23.9. The molecular weight excluding hydrogens is 570 g/mol. The summed E-state index contributed by atoms with van der Waals surface area (Å²) in [5.74, 6) is -0.503. The molecule has 9 nitrogen and oxygen atoms in total. The Hall–Kier alpha value is -4.47. The summed E-state index contributed by atoms with van der Waals surface area (Å²) in [6.45, 7) is 10.2. The van der Waals surface area contributed by atoms with Gasteiger partial charge in [-0.3, -0.25) is 14.6 Å². The number of amides is 1. The van der Waals surface area contributed by atoms with Gasteiger partial charge in [0.2, 0.25) is 6.10 Å². The SMILES string of the molecule is COC(=O)/C(=C\c1ccc(OC)cc1)CN1CCN(Cc2ccc(C(=O)OC(C(=O)NC(C)(C)C)c3ccccc3)cc2)CC1. The minimum Gasteiger partial charge on any atom is -0.497 e. The first-order chi connectivity index (χ1) is 21.5. The van der Waals surface area contributed by atoms with E-state index in [4.69, 9.17) is 14.2 Å².